The molecule has 10 heteroatoms. The number of ether oxygens (including phenoxy) is 4. The second-order valence-corrected chi connectivity index (χ2v) is 20.1. The van der Waals surface area contributed by atoms with E-state index in [0.29, 0.717) is 50.3 Å². The van der Waals surface area contributed by atoms with Gasteiger partial charge in [-0.2, -0.15) is 0 Å². The lowest BCUT2D eigenvalue weighted by molar-refractivity contribution is -0.120. The lowest BCUT2D eigenvalue weighted by atomic mass is 9.89. The lowest BCUT2D eigenvalue weighted by Gasteiger charge is -2.27. The molecule has 0 saturated heterocycles. The van der Waals surface area contributed by atoms with Crippen LogP contribution < -0.4 is 17.2 Å². The van der Waals surface area contributed by atoms with Gasteiger partial charge in [-0.3, -0.25) is 9.59 Å². The highest BCUT2D eigenvalue weighted by atomic mass is 16.5. The summed E-state index contributed by atoms with van der Waals surface area (Å²) in [4.78, 5) is 21.3. The van der Waals surface area contributed by atoms with Crippen LogP contribution in [-0.4, -0.2) is 79.9 Å². The fraction of sp³-hybridized carbons (Fsp3) is 0.843. The zero-order valence-electron chi connectivity index (χ0n) is 39.9. The molecule has 4 saturated carbocycles. The minimum Gasteiger partial charge on any atom is -0.393 e. The largest absolute Gasteiger partial charge is 0.393 e. The Morgan fingerprint density at radius 2 is 0.869 bits per heavy atom. The standard InChI is InChI=1S/C18H28O.C12H23NO2.C11H21NO3.C10H21NO/c1-15-9-12-18(13-10-15)19-14-16(2)8-11-17-6-4-3-5-7-17;1-9-3-5-11(6-4-9)15-8-10(2)7-12(13)14;1-8(6-11(12)14)7-15-10-4-2-9(13)3-5-10;1-8-3-5-10(6-4-8)12-7-9(2)11/h3-7,15-16,18H,8-14H2,1-2H3;9-11H,3-8H2,1-2H3,(H2,13,14);8-10,13H,2-7H2,1H3,(H2,12,14);8-10H,3-7,11H2,1-2H3/t15?,16-,18?;9?,10-,11?;8-,9?,10?;8?,9-,10?/m1110/s1. The SMILES string of the molecule is CC1CCC(OC[C@H](C)CC(N)=O)CC1.CC1CCC(OC[C@H](C)CCc2ccccc2)CC1.CC1CCC(OC[C@H](C)N)CC1.C[C@@H](COC1CCC(O)CC1)CC(N)=O. The Kier molecular flexibility index (Phi) is 29.4. The third-order valence-electron chi connectivity index (χ3n) is 12.8. The minimum atomic E-state index is -0.273. The van der Waals surface area contributed by atoms with Crippen molar-refractivity contribution in [3.8, 4) is 0 Å². The fourth-order valence-electron chi connectivity index (χ4n) is 8.54. The van der Waals surface area contributed by atoms with E-state index in [1.54, 1.807) is 0 Å². The van der Waals surface area contributed by atoms with Crippen LogP contribution in [-0.2, 0) is 35.0 Å². The van der Waals surface area contributed by atoms with Crippen molar-refractivity contribution < 1.29 is 33.6 Å². The van der Waals surface area contributed by atoms with E-state index in [-0.39, 0.29) is 41.9 Å². The Morgan fingerprint density at radius 3 is 1.21 bits per heavy atom. The summed E-state index contributed by atoms with van der Waals surface area (Å²) in [5.74, 6) is 3.27. The number of nitrogens with two attached hydrogens (primary N) is 3. The van der Waals surface area contributed by atoms with Crippen molar-refractivity contribution in [2.45, 2.75) is 213 Å². The van der Waals surface area contributed by atoms with Gasteiger partial charge in [-0.25, -0.2) is 0 Å². The molecule has 0 aliphatic heterocycles. The van der Waals surface area contributed by atoms with Gasteiger partial charge in [0.15, 0.2) is 0 Å². The third-order valence-corrected chi connectivity index (χ3v) is 12.8. The van der Waals surface area contributed by atoms with Crippen molar-refractivity contribution in [2.24, 2.45) is 52.7 Å². The fourth-order valence-corrected chi connectivity index (χ4v) is 8.54. The zero-order valence-corrected chi connectivity index (χ0v) is 39.9. The number of aliphatic hydroxyl groups excluding tert-OH is 1. The number of benzene rings is 1. The van der Waals surface area contributed by atoms with Gasteiger partial charge < -0.3 is 41.3 Å². The summed E-state index contributed by atoms with van der Waals surface area (Å²) in [7, 11) is 0. The maximum atomic E-state index is 10.7. The highest BCUT2D eigenvalue weighted by Crippen LogP contribution is 2.28. The molecule has 0 bridgehead atoms. The highest BCUT2D eigenvalue weighted by molar-refractivity contribution is 5.74. The second-order valence-electron chi connectivity index (χ2n) is 20.1. The molecule has 4 aliphatic carbocycles. The van der Waals surface area contributed by atoms with E-state index in [9.17, 15) is 14.7 Å². The maximum absolute atomic E-state index is 10.7. The van der Waals surface area contributed by atoms with Gasteiger partial charge in [0.05, 0.1) is 37.1 Å². The van der Waals surface area contributed by atoms with Crippen molar-refractivity contribution in [3.63, 3.8) is 0 Å². The number of aliphatic hydroxyl groups is 1. The van der Waals surface area contributed by atoms with Crippen LogP contribution in [0.5, 0.6) is 0 Å². The van der Waals surface area contributed by atoms with Crippen molar-refractivity contribution in [1.82, 2.24) is 0 Å². The molecule has 1 aromatic rings. The number of rotatable bonds is 19. The van der Waals surface area contributed by atoms with E-state index < -0.39 is 0 Å². The van der Waals surface area contributed by atoms with E-state index in [1.807, 2.05) is 20.8 Å². The Labute approximate surface area is 372 Å². The van der Waals surface area contributed by atoms with E-state index in [0.717, 1.165) is 56.7 Å². The van der Waals surface area contributed by atoms with Crippen LogP contribution in [0.15, 0.2) is 30.3 Å². The molecule has 0 unspecified atom stereocenters. The minimum absolute atomic E-state index is 0.145. The number of amides is 2. The van der Waals surface area contributed by atoms with Crippen LogP contribution >= 0.6 is 0 Å². The van der Waals surface area contributed by atoms with Crippen LogP contribution in [0, 0.1) is 35.5 Å². The van der Waals surface area contributed by atoms with Crippen molar-refractivity contribution >= 4 is 11.8 Å². The van der Waals surface area contributed by atoms with Crippen LogP contribution in [0.2, 0.25) is 0 Å². The number of carbonyl (C=O) groups excluding carboxylic acids is 2. The molecule has 0 spiro atoms. The summed E-state index contributed by atoms with van der Waals surface area (Å²) in [6.45, 7) is 18.2. The van der Waals surface area contributed by atoms with E-state index in [2.05, 4.69) is 58.0 Å². The van der Waals surface area contributed by atoms with Gasteiger partial charge in [0.1, 0.15) is 0 Å². The number of hydrogen-bond acceptors (Lipinski definition) is 8. The number of aryl methyl sites for hydroxylation is 1. The Bertz CT molecular complexity index is 1180. The quantitative estimate of drug-likeness (QED) is 0.107. The summed E-state index contributed by atoms with van der Waals surface area (Å²) in [5.41, 5.74) is 17.3. The topological polar surface area (TPSA) is 169 Å². The predicted octanol–water partition coefficient (Wildman–Crippen LogP) is 9.69. The zero-order chi connectivity index (χ0) is 45.0. The molecule has 5 rings (SSSR count). The van der Waals surface area contributed by atoms with Crippen molar-refractivity contribution in [1.29, 1.82) is 0 Å². The van der Waals surface area contributed by atoms with E-state index in [4.69, 9.17) is 36.1 Å². The number of hydrogen-bond donors (Lipinski definition) is 4. The molecule has 7 N–H and O–H groups in total. The second kappa shape index (κ2) is 32.6. The first-order valence-corrected chi connectivity index (χ1v) is 24.6. The number of carbonyl (C=O) groups is 2. The van der Waals surface area contributed by atoms with Crippen LogP contribution in [0.25, 0.3) is 0 Å². The highest BCUT2D eigenvalue weighted by Gasteiger charge is 2.22. The van der Waals surface area contributed by atoms with Crippen molar-refractivity contribution in [3.05, 3.63) is 35.9 Å². The normalized spacial score (nSPS) is 28.5. The molecular formula is C51H93N3O7. The van der Waals surface area contributed by atoms with Gasteiger partial charge in [-0.05, 0) is 164 Å². The van der Waals surface area contributed by atoms with Gasteiger partial charge in [0.2, 0.25) is 11.8 Å². The molecule has 4 fully saturated rings. The Morgan fingerprint density at radius 1 is 0.541 bits per heavy atom. The molecule has 10 nitrogen and oxygen atoms in total. The van der Waals surface area contributed by atoms with Crippen LogP contribution in [0.3, 0.4) is 0 Å². The van der Waals surface area contributed by atoms with Gasteiger partial charge in [-0.15, -0.1) is 0 Å². The molecule has 354 valence electrons. The van der Waals surface area contributed by atoms with Gasteiger partial charge >= 0.3 is 0 Å². The summed E-state index contributed by atoms with van der Waals surface area (Å²) in [5, 5.41) is 9.31. The first-order chi connectivity index (χ1) is 29.1. The molecule has 1 aromatic carbocycles. The molecule has 4 atom stereocenters. The molecule has 0 heterocycles. The molecule has 0 aromatic heterocycles. The Hall–Kier alpha value is -2.08. The first kappa shape index (κ1) is 55.1. The van der Waals surface area contributed by atoms with E-state index >= 15 is 0 Å². The smallest absolute Gasteiger partial charge is 0.217 e. The summed E-state index contributed by atoms with van der Waals surface area (Å²) in [6.07, 6.45) is 23.5. The maximum Gasteiger partial charge on any atom is 0.217 e. The molecule has 0 radical (unpaired) electrons. The van der Waals surface area contributed by atoms with Crippen LogP contribution in [0.4, 0.5) is 0 Å². The molecule has 4 aliphatic rings. The third kappa shape index (κ3) is 29.1. The molecule has 61 heavy (non-hydrogen) atoms. The number of primary amides is 2. The molecular weight excluding hydrogens is 767 g/mol. The van der Waals surface area contributed by atoms with E-state index in [1.165, 1.54) is 95.5 Å². The average Bonchev–Trinajstić information content (AvgIpc) is 3.23. The van der Waals surface area contributed by atoms with Gasteiger partial charge in [-0.1, -0.05) is 71.9 Å². The summed E-state index contributed by atoms with van der Waals surface area (Å²) >= 11 is 0. The average molecular weight is 860 g/mol. The lowest BCUT2D eigenvalue weighted by Crippen LogP contribution is -2.28. The van der Waals surface area contributed by atoms with Gasteiger partial charge in [0.25, 0.3) is 0 Å². The first-order valence-electron chi connectivity index (χ1n) is 24.6. The molecule has 2 amide bonds. The monoisotopic (exact) mass is 860 g/mol. The predicted molar refractivity (Wildman–Crippen MR) is 250 cm³/mol. The summed E-state index contributed by atoms with van der Waals surface area (Å²) in [6, 6.07) is 11.0. The van der Waals surface area contributed by atoms with Gasteiger partial charge in [0, 0.05) is 38.7 Å². The summed E-state index contributed by atoms with van der Waals surface area (Å²) < 4.78 is 23.2. The Balaban J connectivity index is 0.000000284. The van der Waals surface area contributed by atoms with Crippen LogP contribution in [0.1, 0.15) is 176 Å². The van der Waals surface area contributed by atoms with Crippen molar-refractivity contribution in [2.75, 3.05) is 26.4 Å².